The lowest BCUT2D eigenvalue weighted by Gasteiger charge is -2.24. The summed E-state index contributed by atoms with van der Waals surface area (Å²) in [5, 5.41) is 13.6. The van der Waals surface area contributed by atoms with Gasteiger partial charge in [-0.1, -0.05) is 46.3 Å². The van der Waals surface area contributed by atoms with Crippen LogP contribution in [0.4, 0.5) is 5.69 Å². The standard InChI is InChI=1S/C22H20BrN2O7P/c1-30-22(26)21(15-16-5-3-2-4-6-16)24-33(29,31-19-11-7-17(23)8-12-19)32-20-13-9-18(10-14-20)25(27)28/h2-14,21H,15H2,1H3,(H,24,29)/t21-,33?/m0/s1. The van der Waals surface area contributed by atoms with Crippen LogP contribution in [-0.4, -0.2) is 24.0 Å². The van der Waals surface area contributed by atoms with Crippen LogP contribution >= 0.6 is 23.7 Å². The van der Waals surface area contributed by atoms with Gasteiger partial charge < -0.3 is 13.8 Å². The molecule has 172 valence electrons. The van der Waals surface area contributed by atoms with Crippen LogP contribution in [0.1, 0.15) is 5.56 Å². The van der Waals surface area contributed by atoms with E-state index in [4.69, 9.17) is 13.8 Å². The molecule has 3 aromatic carbocycles. The lowest BCUT2D eigenvalue weighted by Crippen LogP contribution is -2.39. The normalized spacial score (nSPS) is 13.4. The maximum Gasteiger partial charge on any atom is 0.513 e. The Bertz CT molecular complexity index is 1140. The highest BCUT2D eigenvalue weighted by Gasteiger charge is 2.36. The van der Waals surface area contributed by atoms with Crippen LogP contribution in [-0.2, 0) is 20.5 Å². The van der Waals surface area contributed by atoms with Crippen molar-refractivity contribution in [3.8, 4) is 11.5 Å². The minimum atomic E-state index is -4.21. The van der Waals surface area contributed by atoms with Crippen molar-refractivity contribution in [2.45, 2.75) is 12.5 Å². The van der Waals surface area contributed by atoms with Gasteiger partial charge in [0.2, 0.25) is 0 Å². The summed E-state index contributed by atoms with van der Waals surface area (Å²) in [4.78, 5) is 22.8. The molecular weight excluding hydrogens is 515 g/mol. The minimum absolute atomic E-state index is 0.0527. The summed E-state index contributed by atoms with van der Waals surface area (Å²) >= 11 is 3.32. The Hall–Kier alpha value is -3.20. The van der Waals surface area contributed by atoms with Gasteiger partial charge in [-0.3, -0.25) is 14.9 Å². The van der Waals surface area contributed by atoms with E-state index in [0.717, 1.165) is 10.0 Å². The molecule has 2 atom stereocenters. The Balaban J connectivity index is 1.91. The van der Waals surface area contributed by atoms with E-state index in [1.165, 1.54) is 31.4 Å². The quantitative estimate of drug-likeness (QED) is 0.161. The molecule has 0 fully saturated rings. The number of nitro groups is 1. The zero-order valence-corrected chi connectivity index (χ0v) is 19.9. The number of esters is 1. The van der Waals surface area contributed by atoms with E-state index in [1.807, 2.05) is 30.3 Å². The summed E-state index contributed by atoms with van der Waals surface area (Å²) in [6, 6.07) is 19.6. The second kappa shape index (κ2) is 11.1. The van der Waals surface area contributed by atoms with Gasteiger partial charge in [0.15, 0.2) is 0 Å². The van der Waals surface area contributed by atoms with Gasteiger partial charge >= 0.3 is 13.7 Å². The third-order valence-corrected chi connectivity index (χ3v) is 6.45. The molecule has 33 heavy (non-hydrogen) atoms. The number of hydrogen-bond donors (Lipinski definition) is 1. The maximum atomic E-state index is 13.8. The summed E-state index contributed by atoms with van der Waals surface area (Å²) in [5.41, 5.74) is 0.640. The van der Waals surface area contributed by atoms with E-state index >= 15 is 0 Å². The molecule has 0 amide bonds. The number of benzene rings is 3. The number of nitrogens with one attached hydrogen (secondary N) is 1. The first-order chi connectivity index (χ1) is 15.8. The van der Waals surface area contributed by atoms with Crippen molar-refractivity contribution < 1.29 is 28.1 Å². The lowest BCUT2D eigenvalue weighted by molar-refractivity contribution is -0.384. The zero-order valence-electron chi connectivity index (χ0n) is 17.4. The Morgan fingerprint density at radius 3 is 2.06 bits per heavy atom. The number of halogens is 1. The minimum Gasteiger partial charge on any atom is -0.468 e. The van der Waals surface area contributed by atoms with Crippen LogP contribution in [0.3, 0.4) is 0 Å². The third kappa shape index (κ3) is 7.15. The third-order valence-electron chi connectivity index (χ3n) is 4.39. The molecule has 1 N–H and O–H groups in total. The number of hydrogen-bond acceptors (Lipinski definition) is 7. The molecule has 0 bridgehead atoms. The molecule has 3 rings (SSSR count). The average Bonchev–Trinajstić information content (AvgIpc) is 2.80. The van der Waals surface area contributed by atoms with Crippen molar-refractivity contribution in [1.29, 1.82) is 0 Å². The van der Waals surface area contributed by atoms with E-state index < -0.39 is 24.7 Å². The molecule has 0 aromatic heterocycles. The van der Waals surface area contributed by atoms with Gasteiger partial charge in [-0.25, -0.2) is 4.57 Å². The molecule has 0 saturated carbocycles. The van der Waals surface area contributed by atoms with Gasteiger partial charge in [0, 0.05) is 16.6 Å². The molecular formula is C22H20BrN2O7P. The van der Waals surface area contributed by atoms with Crippen molar-refractivity contribution in [3.05, 3.63) is 99.0 Å². The molecule has 0 aliphatic carbocycles. The molecule has 0 spiro atoms. The maximum absolute atomic E-state index is 13.8. The Labute approximate surface area is 198 Å². The predicted octanol–water partition coefficient (Wildman–Crippen LogP) is 5.30. The molecule has 11 heteroatoms. The second-order valence-electron chi connectivity index (χ2n) is 6.78. The monoisotopic (exact) mass is 534 g/mol. The fourth-order valence-corrected chi connectivity index (χ4v) is 4.62. The molecule has 0 heterocycles. The molecule has 9 nitrogen and oxygen atoms in total. The van der Waals surface area contributed by atoms with Crippen molar-refractivity contribution in [3.63, 3.8) is 0 Å². The SMILES string of the molecule is COC(=O)[C@H](Cc1ccccc1)NP(=O)(Oc1ccc(Br)cc1)Oc1ccc([N+](=O)[O-])cc1. The van der Waals surface area contributed by atoms with E-state index in [2.05, 4.69) is 21.0 Å². The van der Waals surface area contributed by atoms with Gasteiger partial charge in [-0.2, -0.15) is 5.09 Å². The molecule has 0 aliphatic heterocycles. The van der Waals surface area contributed by atoms with Crippen LogP contribution in [0.5, 0.6) is 11.5 Å². The topological polar surface area (TPSA) is 117 Å². The summed E-state index contributed by atoms with van der Waals surface area (Å²) in [6.07, 6.45) is 0.158. The first kappa shape index (κ1) is 24.4. The van der Waals surface area contributed by atoms with E-state index in [0.29, 0.717) is 0 Å². The van der Waals surface area contributed by atoms with Crippen molar-refractivity contribution in [2.24, 2.45) is 0 Å². The molecule has 0 saturated heterocycles. The highest BCUT2D eigenvalue weighted by atomic mass is 79.9. The number of nitro benzene ring substituents is 1. The highest BCUT2D eigenvalue weighted by Crippen LogP contribution is 2.46. The summed E-state index contributed by atoms with van der Waals surface area (Å²) in [6.45, 7) is 0. The molecule has 1 unspecified atom stereocenters. The number of ether oxygens (including phenoxy) is 1. The first-order valence-corrected chi connectivity index (χ1v) is 12.0. The fourth-order valence-electron chi connectivity index (χ4n) is 2.84. The molecule has 0 radical (unpaired) electrons. The first-order valence-electron chi connectivity index (χ1n) is 9.67. The zero-order chi connectivity index (χ0) is 23.8. The number of non-ortho nitro benzene ring substituents is 1. The van der Waals surface area contributed by atoms with E-state index in [-0.39, 0.29) is 23.6 Å². The van der Waals surface area contributed by atoms with Gasteiger partial charge in [0.25, 0.3) is 5.69 Å². The van der Waals surface area contributed by atoms with Gasteiger partial charge in [0.05, 0.1) is 12.0 Å². The largest absolute Gasteiger partial charge is 0.513 e. The fraction of sp³-hybridized carbons (Fsp3) is 0.136. The predicted molar refractivity (Wildman–Crippen MR) is 125 cm³/mol. The van der Waals surface area contributed by atoms with Gasteiger partial charge in [-0.05, 0) is 48.4 Å². The van der Waals surface area contributed by atoms with E-state index in [9.17, 15) is 19.5 Å². The number of carbonyl (C=O) groups is 1. The Morgan fingerprint density at radius 1 is 1.00 bits per heavy atom. The summed E-state index contributed by atoms with van der Waals surface area (Å²) in [5.74, 6) is -0.387. The van der Waals surface area contributed by atoms with Crippen molar-refractivity contribution >= 4 is 35.3 Å². The van der Waals surface area contributed by atoms with Crippen LogP contribution < -0.4 is 14.1 Å². The van der Waals surface area contributed by atoms with Crippen LogP contribution in [0.25, 0.3) is 0 Å². The van der Waals surface area contributed by atoms with Crippen LogP contribution in [0.2, 0.25) is 0 Å². The average molecular weight is 535 g/mol. The van der Waals surface area contributed by atoms with Crippen molar-refractivity contribution in [1.82, 2.24) is 5.09 Å². The smallest absolute Gasteiger partial charge is 0.468 e. The lowest BCUT2D eigenvalue weighted by atomic mass is 10.1. The number of methoxy groups -OCH3 is 1. The van der Waals surface area contributed by atoms with Gasteiger partial charge in [0.1, 0.15) is 17.5 Å². The van der Waals surface area contributed by atoms with Gasteiger partial charge in [-0.15, -0.1) is 0 Å². The second-order valence-corrected chi connectivity index (χ2v) is 9.31. The van der Waals surface area contributed by atoms with Crippen LogP contribution in [0, 0.1) is 10.1 Å². The number of carbonyl (C=O) groups excluding carboxylic acids is 1. The Kier molecular flexibility index (Phi) is 8.21. The summed E-state index contributed by atoms with van der Waals surface area (Å²) in [7, 11) is -2.99. The summed E-state index contributed by atoms with van der Waals surface area (Å²) < 4.78 is 30.7. The number of rotatable bonds is 10. The van der Waals surface area contributed by atoms with Crippen LogP contribution in [0.15, 0.2) is 83.3 Å². The van der Waals surface area contributed by atoms with E-state index in [1.54, 1.807) is 24.3 Å². The molecule has 0 aliphatic rings. The highest BCUT2D eigenvalue weighted by molar-refractivity contribution is 9.10. The Morgan fingerprint density at radius 2 is 1.55 bits per heavy atom. The number of nitrogens with zero attached hydrogens (tertiary/aromatic N) is 1. The van der Waals surface area contributed by atoms with Crippen molar-refractivity contribution in [2.75, 3.05) is 7.11 Å². The molecule has 3 aromatic rings.